The van der Waals surface area contributed by atoms with Gasteiger partial charge in [0.25, 0.3) is 0 Å². The number of fused-ring (bicyclic) bond motifs is 2. The van der Waals surface area contributed by atoms with Gasteiger partial charge in [-0.15, -0.1) is 11.6 Å². The van der Waals surface area contributed by atoms with Crippen LogP contribution in [0, 0.1) is 5.41 Å². The van der Waals surface area contributed by atoms with Gasteiger partial charge in [0.05, 0.1) is 22.8 Å². The number of halogens is 1. The summed E-state index contributed by atoms with van der Waals surface area (Å²) in [6.07, 6.45) is 10.1. The van der Waals surface area contributed by atoms with E-state index in [0.29, 0.717) is 22.7 Å². The third-order valence-electron chi connectivity index (χ3n) is 5.54. The van der Waals surface area contributed by atoms with Crippen LogP contribution in [-0.2, 0) is 4.79 Å². The third-order valence-corrected chi connectivity index (χ3v) is 6.21. The summed E-state index contributed by atoms with van der Waals surface area (Å²) >= 11 is 6.00. The number of nitrogens with zero attached hydrogens (tertiary/aromatic N) is 1. The van der Waals surface area contributed by atoms with E-state index in [2.05, 4.69) is 16.3 Å². The smallest absolute Gasteiger partial charge is 0.231 e. The first-order chi connectivity index (χ1) is 14.8. The second-order valence-electron chi connectivity index (χ2n) is 8.37. The summed E-state index contributed by atoms with van der Waals surface area (Å²) < 4.78 is 6.09. The number of anilines is 2. The molecule has 0 aromatic heterocycles. The van der Waals surface area contributed by atoms with E-state index in [1.807, 2.05) is 61.7 Å². The molecule has 0 saturated carbocycles. The fraction of sp³-hybridized carbons (Fsp3) is 0.240. The molecule has 1 aliphatic carbocycles. The summed E-state index contributed by atoms with van der Waals surface area (Å²) in [5.74, 6) is 0.862. The fourth-order valence-electron chi connectivity index (χ4n) is 3.67. The average Bonchev–Trinajstić information content (AvgIpc) is 2.77. The molecule has 0 saturated heterocycles. The van der Waals surface area contributed by atoms with Crippen molar-refractivity contribution < 1.29 is 14.6 Å². The van der Waals surface area contributed by atoms with Crippen molar-refractivity contribution in [1.82, 2.24) is 0 Å². The Morgan fingerprint density at radius 3 is 2.71 bits per heavy atom. The van der Waals surface area contributed by atoms with E-state index in [1.54, 1.807) is 13.8 Å². The number of para-hydroxylation sites is 1. The molecule has 2 aromatic carbocycles. The van der Waals surface area contributed by atoms with Crippen LogP contribution in [0.15, 0.2) is 66.3 Å². The quantitative estimate of drug-likeness (QED) is 0.589. The van der Waals surface area contributed by atoms with Gasteiger partial charge in [-0.2, -0.15) is 0 Å². The lowest BCUT2D eigenvalue weighted by molar-refractivity contribution is -0.122. The zero-order valence-electron chi connectivity index (χ0n) is 17.7. The number of alkyl halides is 1. The maximum absolute atomic E-state index is 12.9. The number of allylic oxidation sites excluding steroid dienone is 2. The van der Waals surface area contributed by atoms with Crippen LogP contribution < -0.4 is 15.0 Å². The Morgan fingerprint density at radius 1 is 1.26 bits per heavy atom. The molecule has 1 heterocycles. The Bertz CT molecular complexity index is 1100. The van der Waals surface area contributed by atoms with Gasteiger partial charge in [0, 0.05) is 24.6 Å². The summed E-state index contributed by atoms with van der Waals surface area (Å²) in [4.78, 5) is 14.9. The first-order valence-electron chi connectivity index (χ1n) is 10.1. The van der Waals surface area contributed by atoms with Gasteiger partial charge in [0.15, 0.2) is 11.5 Å². The molecule has 1 atom stereocenters. The van der Waals surface area contributed by atoms with Crippen molar-refractivity contribution in [3.63, 3.8) is 0 Å². The maximum atomic E-state index is 12.9. The number of ether oxygens (including phenoxy) is 1. The summed E-state index contributed by atoms with van der Waals surface area (Å²) in [6, 6.07) is 10.9. The second-order valence-corrected chi connectivity index (χ2v) is 8.63. The number of phenols is 1. The highest BCUT2D eigenvalue weighted by atomic mass is 35.5. The molecule has 1 unspecified atom stereocenters. The standard InChI is InChI=1S/C25H25ClN2O3/c1-25(2,15-26)24(30)27-19-14-21(29)23(31-17-10-5-4-6-11-17)18-13-16-9-7-8-12-20(16)28(3)22(18)19/h4-14,20,29H,15H2,1-3H3,(H,27,30). The maximum Gasteiger partial charge on any atom is 0.231 e. The van der Waals surface area contributed by atoms with Gasteiger partial charge < -0.3 is 20.1 Å². The Labute approximate surface area is 187 Å². The van der Waals surface area contributed by atoms with E-state index in [-0.39, 0.29) is 23.6 Å². The van der Waals surface area contributed by atoms with Crippen LogP contribution in [0.3, 0.4) is 0 Å². The van der Waals surface area contributed by atoms with E-state index in [4.69, 9.17) is 16.3 Å². The first kappa shape index (κ1) is 21.1. The molecular weight excluding hydrogens is 412 g/mol. The minimum atomic E-state index is -0.759. The van der Waals surface area contributed by atoms with Gasteiger partial charge >= 0.3 is 0 Å². The summed E-state index contributed by atoms with van der Waals surface area (Å²) in [6.45, 7) is 3.57. The van der Waals surface area contributed by atoms with Crippen molar-refractivity contribution in [3.05, 3.63) is 71.8 Å². The van der Waals surface area contributed by atoms with E-state index in [0.717, 1.165) is 11.3 Å². The van der Waals surface area contributed by atoms with Crippen molar-refractivity contribution >= 4 is 35.0 Å². The van der Waals surface area contributed by atoms with Crippen molar-refractivity contribution in [2.45, 2.75) is 19.9 Å². The lowest BCUT2D eigenvalue weighted by Gasteiger charge is -2.37. The lowest BCUT2D eigenvalue weighted by atomic mass is 9.90. The molecule has 4 rings (SSSR count). The van der Waals surface area contributed by atoms with Crippen LogP contribution in [0.25, 0.3) is 6.08 Å². The molecule has 2 aromatic rings. The van der Waals surface area contributed by atoms with Crippen LogP contribution >= 0.6 is 11.6 Å². The molecule has 0 bridgehead atoms. The van der Waals surface area contributed by atoms with Crippen LogP contribution in [0.4, 0.5) is 11.4 Å². The summed E-state index contributed by atoms with van der Waals surface area (Å²) in [5, 5.41) is 13.8. The van der Waals surface area contributed by atoms with Gasteiger partial charge in [-0.25, -0.2) is 0 Å². The number of carbonyl (C=O) groups excluding carboxylic acids is 1. The predicted molar refractivity (Wildman–Crippen MR) is 126 cm³/mol. The largest absolute Gasteiger partial charge is 0.504 e. The number of amides is 1. The molecule has 0 spiro atoms. The number of rotatable bonds is 5. The molecule has 5 nitrogen and oxygen atoms in total. The van der Waals surface area contributed by atoms with Crippen molar-refractivity contribution in [2.75, 3.05) is 23.1 Å². The van der Waals surface area contributed by atoms with Crippen LogP contribution in [0.1, 0.15) is 19.4 Å². The number of nitrogens with one attached hydrogen (secondary N) is 1. The van der Waals surface area contributed by atoms with Gasteiger partial charge in [0.2, 0.25) is 5.91 Å². The van der Waals surface area contributed by atoms with Gasteiger partial charge in [-0.1, -0.05) is 42.5 Å². The Morgan fingerprint density at radius 2 is 2.00 bits per heavy atom. The summed E-state index contributed by atoms with van der Waals surface area (Å²) in [5.41, 5.74) is 2.30. The number of hydrogen-bond donors (Lipinski definition) is 2. The van der Waals surface area contributed by atoms with Crippen LogP contribution in [0.2, 0.25) is 0 Å². The minimum Gasteiger partial charge on any atom is -0.504 e. The zero-order valence-corrected chi connectivity index (χ0v) is 18.5. The SMILES string of the molecule is CN1c2c(NC(=O)C(C)(C)CCl)cc(O)c(Oc3ccccc3)c2C=C2C=CC=CC21. The van der Waals surface area contributed by atoms with Crippen LogP contribution in [-0.4, -0.2) is 30.0 Å². The van der Waals surface area contributed by atoms with Gasteiger partial charge in [-0.05, 0) is 37.6 Å². The minimum absolute atomic E-state index is 0.0170. The van der Waals surface area contributed by atoms with E-state index >= 15 is 0 Å². The lowest BCUT2D eigenvalue weighted by Crippen LogP contribution is -2.37. The molecule has 160 valence electrons. The Hall–Kier alpha value is -3.18. The summed E-state index contributed by atoms with van der Waals surface area (Å²) in [7, 11) is 1.96. The molecule has 0 fully saturated rings. The third kappa shape index (κ3) is 3.93. The number of hydrogen-bond acceptors (Lipinski definition) is 4. The highest BCUT2D eigenvalue weighted by molar-refractivity contribution is 6.20. The van der Waals surface area contributed by atoms with Crippen molar-refractivity contribution in [1.29, 1.82) is 0 Å². The Kier molecular flexibility index (Phi) is 5.54. The van der Waals surface area contributed by atoms with Gasteiger partial charge in [0.1, 0.15) is 5.75 Å². The molecule has 1 amide bonds. The number of benzene rings is 2. The van der Waals surface area contributed by atoms with Crippen LogP contribution in [0.5, 0.6) is 17.2 Å². The average molecular weight is 437 g/mol. The highest BCUT2D eigenvalue weighted by Crippen LogP contribution is 2.49. The molecule has 2 aliphatic rings. The van der Waals surface area contributed by atoms with E-state index in [9.17, 15) is 9.90 Å². The zero-order chi connectivity index (χ0) is 22.2. The van der Waals surface area contributed by atoms with Crippen molar-refractivity contribution in [3.8, 4) is 17.2 Å². The molecule has 2 N–H and O–H groups in total. The molecule has 0 radical (unpaired) electrons. The number of phenolic OH excluding ortho intramolecular Hbond substituents is 1. The van der Waals surface area contributed by atoms with E-state index in [1.165, 1.54) is 6.07 Å². The molecular formula is C25H25ClN2O3. The molecule has 6 heteroatoms. The van der Waals surface area contributed by atoms with Crippen molar-refractivity contribution in [2.24, 2.45) is 5.41 Å². The predicted octanol–water partition coefficient (Wildman–Crippen LogP) is 5.72. The number of likely N-dealkylation sites (N-methyl/N-ethyl adjacent to an activating group) is 1. The number of aromatic hydroxyl groups is 1. The first-order valence-corrected chi connectivity index (χ1v) is 10.6. The molecule has 1 aliphatic heterocycles. The monoisotopic (exact) mass is 436 g/mol. The fourth-order valence-corrected chi connectivity index (χ4v) is 3.80. The Balaban J connectivity index is 1.87. The highest BCUT2D eigenvalue weighted by Gasteiger charge is 2.33. The molecule has 31 heavy (non-hydrogen) atoms. The van der Waals surface area contributed by atoms with E-state index < -0.39 is 5.41 Å². The normalized spacial score (nSPS) is 17.0. The topological polar surface area (TPSA) is 61.8 Å². The van der Waals surface area contributed by atoms with Gasteiger partial charge in [-0.3, -0.25) is 4.79 Å². The second kappa shape index (κ2) is 8.16. The number of carbonyl (C=O) groups is 1.